The van der Waals surface area contributed by atoms with Gasteiger partial charge >= 0.3 is 5.97 Å². The Bertz CT molecular complexity index is 464. The van der Waals surface area contributed by atoms with Crippen molar-refractivity contribution in [3.8, 4) is 5.75 Å². The molecule has 0 aromatic heterocycles. The van der Waals surface area contributed by atoms with Crippen LogP contribution in [0.1, 0.15) is 37.7 Å². The molecule has 0 aliphatic heterocycles. The molecular weight excluding hydrogens is 264 g/mol. The summed E-state index contributed by atoms with van der Waals surface area (Å²) in [6.07, 6.45) is 5.05. The highest BCUT2D eigenvalue weighted by Gasteiger charge is 2.40. The van der Waals surface area contributed by atoms with Gasteiger partial charge in [0.2, 0.25) is 0 Å². The van der Waals surface area contributed by atoms with Crippen molar-refractivity contribution in [2.45, 2.75) is 38.5 Å². The molecule has 0 unspecified atom stereocenters. The predicted octanol–water partition coefficient (Wildman–Crippen LogP) is 3.93. The molecule has 3 nitrogen and oxygen atoms in total. The van der Waals surface area contributed by atoms with Crippen molar-refractivity contribution in [2.24, 2.45) is 5.41 Å². The van der Waals surface area contributed by atoms with E-state index in [1.54, 1.807) is 19.2 Å². The van der Waals surface area contributed by atoms with Gasteiger partial charge in [0.15, 0.2) is 0 Å². The molecule has 104 valence electrons. The van der Waals surface area contributed by atoms with Gasteiger partial charge in [0, 0.05) is 5.02 Å². The third-order valence-electron chi connectivity index (χ3n) is 4.04. The van der Waals surface area contributed by atoms with Gasteiger partial charge in [0.1, 0.15) is 5.75 Å². The van der Waals surface area contributed by atoms with Crippen molar-refractivity contribution in [1.82, 2.24) is 0 Å². The van der Waals surface area contributed by atoms with Gasteiger partial charge in [-0.3, -0.25) is 4.79 Å². The second kappa shape index (κ2) is 5.83. The van der Waals surface area contributed by atoms with E-state index < -0.39 is 11.4 Å². The molecule has 0 bridgehead atoms. The monoisotopic (exact) mass is 282 g/mol. The normalized spacial score (nSPS) is 18.0. The lowest BCUT2D eigenvalue weighted by atomic mass is 9.70. The maximum absolute atomic E-state index is 11.7. The first kappa shape index (κ1) is 14.2. The smallest absolute Gasteiger partial charge is 0.309 e. The molecule has 0 radical (unpaired) electrons. The van der Waals surface area contributed by atoms with Crippen LogP contribution in [-0.4, -0.2) is 18.2 Å². The number of methoxy groups -OCH3 is 1. The molecular formula is C15H19ClO3. The molecule has 0 heterocycles. The number of benzene rings is 1. The number of carbonyl (C=O) groups is 1. The molecule has 0 amide bonds. The summed E-state index contributed by atoms with van der Waals surface area (Å²) < 4.78 is 5.32. The highest BCUT2D eigenvalue weighted by molar-refractivity contribution is 6.30. The average molecular weight is 283 g/mol. The van der Waals surface area contributed by atoms with Crippen LogP contribution in [0.2, 0.25) is 5.02 Å². The first-order valence-corrected chi connectivity index (χ1v) is 7.01. The Balaban J connectivity index is 2.31. The number of aliphatic carboxylic acids is 1. The second-order valence-corrected chi connectivity index (χ2v) is 5.72. The Morgan fingerprint density at radius 3 is 2.63 bits per heavy atom. The molecule has 1 aliphatic carbocycles. The number of ether oxygens (including phenoxy) is 1. The van der Waals surface area contributed by atoms with E-state index in [9.17, 15) is 9.90 Å². The average Bonchev–Trinajstić information content (AvgIpc) is 2.40. The van der Waals surface area contributed by atoms with Crippen molar-refractivity contribution in [3.05, 3.63) is 28.8 Å². The van der Waals surface area contributed by atoms with E-state index in [0.717, 1.165) is 43.4 Å². The van der Waals surface area contributed by atoms with Gasteiger partial charge in [-0.15, -0.1) is 0 Å². The summed E-state index contributed by atoms with van der Waals surface area (Å²) in [7, 11) is 1.60. The highest BCUT2D eigenvalue weighted by Crippen LogP contribution is 2.41. The van der Waals surface area contributed by atoms with Crippen LogP contribution >= 0.6 is 11.6 Å². The minimum atomic E-state index is -0.700. The topological polar surface area (TPSA) is 46.5 Å². The van der Waals surface area contributed by atoms with Crippen LogP contribution in [0.4, 0.5) is 0 Å². The number of hydrogen-bond donors (Lipinski definition) is 1. The minimum absolute atomic E-state index is 0.492. The first-order chi connectivity index (χ1) is 9.07. The summed E-state index contributed by atoms with van der Waals surface area (Å²) in [6, 6.07) is 5.38. The van der Waals surface area contributed by atoms with Gasteiger partial charge in [0.05, 0.1) is 12.5 Å². The molecule has 0 saturated heterocycles. The molecule has 1 N–H and O–H groups in total. The largest absolute Gasteiger partial charge is 0.496 e. The maximum Gasteiger partial charge on any atom is 0.309 e. The summed E-state index contributed by atoms with van der Waals surface area (Å²) in [5, 5.41) is 10.2. The van der Waals surface area contributed by atoms with Crippen molar-refractivity contribution in [3.63, 3.8) is 0 Å². The van der Waals surface area contributed by atoms with Crippen LogP contribution in [0, 0.1) is 5.41 Å². The molecule has 1 saturated carbocycles. The Morgan fingerprint density at radius 1 is 1.37 bits per heavy atom. The van der Waals surface area contributed by atoms with E-state index in [2.05, 4.69) is 0 Å². The summed E-state index contributed by atoms with van der Waals surface area (Å²) in [5.41, 5.74) is 0.232. The Labute approximate surface area is 118 Å². The minimum Gasteiger partial charge on any atom is -0.496 e. The molecule has 2 rings (SSSR count). The van der Waals surface area contributed by atoms with Crippen LogP contribution in [-0.2, 0) is 11.2 Å². The summed E-state index contributed by atoms with van der Waals surface area (Å²) in [5.74, 6) is 0.0184. The van der Waals surface area contributed by atoms with E-state index in [1.165, 1.54) is 0 Å². The van der Waals surface area contributed by atoms with Crippen LogP contribution in [0.5, 0.6) is 5.75 Å². The quantitative estimate of drug-likeness (QED) is 0.910. The van der Waals surface area contributed by atoms with Gasteiger partial charge in [-0.25, -0.2) is 0 Å². The molecule has 4 heteroatoms. The fourth-order valence-electron chi connectivity index (χ4n) is 2.94. The number of halogens is 1. The molecule has 1 fully saturated rings. The highest BCUT2D eigenvalue weighted by atomic mass is 35.5. The van der Waals surface area contributed by atoms with Crippen LogP contribution < -0.4 is 4.74 Å². The zero-order chi connectivity index (χ0) is 13.9. The van der Waals surface area contributed by atoms with E-state index in [1.807, 2.05) is 6.07 Å². The molecule has 1 aromatic carbocycles. The lowest BCUT2D eigenvalue weighted by Gasteiger charge is -2.33. The molecule has 1 aromatic rings. The fraction of sp³-hybridized carbons (Fsp3) is 0.533. The lowest BCUT2D eigenvalue weighted by molar-refractivity contribution is -0.151. The summed E-state index contributed by atoms with van der Waals surface area (Å²) in [4.78, 5) is 11.7. The number of carboxylic acids is 1. The van der Waals surface area contributed by atoms with E-state index in [-0.39, 0.29) is 0 Å². The SMILES string of the molecule is COc1ccc(Cl)cc1CC1(C(=O)O)CCCCC1. The van der Waals surface area contributed by atoms with Gasteiger partial charge in [0.25, 0.3) is 0 Å². The van der Waals surface area contributed by atoms with E-state index in [0.29, 0.717) is 11.4 Å². The fourth-order valence-corrected chi connectivity index (χ4v) is 3.14. The van der Waals surface area contributed by atoms with Gasteiger partial charge in [-0.2, -0.15) is 0 Å². The van der Waals surface area contributed by atoms with Crippen molar-refractivity contribution >= 4 is 17.6 Å². The summed E-state index contributed by atoms with van der Waals surface area (Å²) >= 11 is 6.01. The summed E-state index contributed by atoms with van der Waals surface area (Å²) in [6.45, 7) is 0. The van der Waals surface area contributed by atoms with Crippen LogP contribution in [0.3, 0.4) is 0 Å². The van der Waals surface area contributed by atoms with Crippen molar-refractivity contribution < 1.29 is 14.6 Å². The molecule has 1 aliphatic rings. The number of hydrogen-bond acceptors (Lipinski definition) is 2. The lowest BCUT2D eigenvalue weighted by Crippen LogP contribution is -2.35. The predicted molar refractivity (Wildman–Crippen MR) is 74.9 cm³/mol. The first-order valence-electron chi connectivity index (χ1n) is 6.63. The third kappa shape index (κ3) is 3.03. The third-order valence-corrected chi connectivity index (χ3v) is 4.27. The molecule has 0 spiro atoms. The number of carboxylic acid groups (broad SMARTS) is 1. The Hall–Kier alpha value is -1.22. The van der Waals surface area contributed by atoms with Crippen LogP contribution in [0.15, 0.2) is 18.2 Å². The van der Waals surface area contributed by atoms with E-state index in [4.69, 9.17) is 16.3 Å². The molecule has 19 heavy (non-hydrogen) atoms. The van der Waals surface area contributed by atoms with Gasteiger partial charge < -0.3 is 9.84 Å². The Kier molecular flexibility index (Phi) is 4.35. The molecule has 0 atom stereocenters. The number of rotatable bonds is 4. The standard InChI is InChI=1S/C15H19ClO3/c1-19-13-6-5-12(16)9-11(13)10-15(14(17)18)7-3-2-4-8-15/h5-6,9H,2-4,7-8,10H2,1H3,(H,17,18). The van der Waals surface area contributed by atoms with E-state index >= 15 is 0 Å². The van der Waals surface area contributed by atoms with Crippen LogP contribution in [0.25, 0.3) is 0 Å². The second-order valence-electron chi connectivity index (χ2n) is 5.28. The van der Waals surface area contributed by atoms with Crippen molar-refractivity contribution in [1.29, 1.82) is 0 Å². The Morgan fingerprint density at radius 2 is 2.05 bits per heavy atom. The zero-order valence-corrected chi connectivity index (χ0v) is 11.9. The van der Waals surface area contributed by atoms with Gasteiger partial charge in [-0.1, -0.05) is 30.9 Å². The zero-order valence-electron chi connectivity index (χ0n) is 11.1. The maximum atomic E-state index is 11.7. The van der Waals surface area contributed by atoms with Crippen molar-refractivity contribution in [2.75, 3.05) is 7.11 Å². The van der Waals surface area contributed by atoms with Gasteiger partial charge in [-0.05, 0) is 43.0 Å².